The second-order valence-electron chi connectivity index (χ2n) is 8.98. The summed E-state index contributed by atoms with van der Waals surface area (Å²) in [5.74, 6) is -4.23. The zero-order valence-electron chi connectivity index (χ0n) is 18.9. The first kappa shape index (κ1) is 24.6. The second-order valence-corrected chi connectivity index (χ2v) is 8.98. The number of alkyl halides is 3. The maximum atomic E-state index is 14.4. The molecule has 10 heteroatoms. The summed E-state index contributed by atoms with van der Waals surface area (Å²) in [6.07, 6.45) is -1.85. The second kappa shape index (κ2) is 8.58. The molecule has 2 aromatic carbocycles. The molecule has 1 aliphatic carbocycles. The Hall–Kier alpha value is -3.56. The number of phenols is 1. The highest BCUT2D eigenvalue weighted by atomic mass is 19.4. The van der Waals surface area contributed by atoms with Crippen molar-refractivity contribution in [3.05, 3.63) is 59.0 Å². The monoisotopic (exact) mass is 493 g/mol. The van der Waals surface area contributed by atoms with Crippen molar-refractivity contribution in [1.29, 1.82) is 0 Å². The van der Waals surface area contributed by atoms with Gasteiger partial charge in [-0.05, 0) is 68.5 Å². The van der Waals surface area contributed by atoms with Crippen molar-refractivity contribution >= 4 is 22.8 Å². The highest BCUT2D eigenvalue weighted by Gasteiger charge is 2.47. The lowest BCUT2D eigenvalue weighted by Crippen LogP contribution is -2.40. The van der Waals surface area contributed by atoms with Gasteiger partial charge in [-0.1, -0.05) is 12.8 Å². The average molecular weight is 493 g/mol. The fourth-order valence-electron chi connectivity index (χ4n) is 5.26. The van der Waals surface area contributed by atoms with Crippen molar-refractivity contribution in [2.75, 3.05) is 0 Å². The molecule has 1 saturated carbocycles. The van der Waals surface area contributed by atoms with Gasteiger partial charge in [0.25, 0.3) is 5.91 Å². The van der Waals surface area contributed by atoms with E-state index in [1.54, 1.807) is 13.8 Å². The van der Waals surface area contributed by atoms with Crippen LogP contribution in [0.15, 0.2) is 36.4 Å². The van der Waals surface area contributed by atoms with Crippen LogP contribution in [0.4, 0.5) is 17.6 Å². The zero-order valence-corrected chi connectivity index (χ0v) is 18.9. The number of carbonyl (C=O) groups is 2. The summed E-state index contributed by atoms with van der Waals surface area (Å²) in [6, 6.07) is 6.31. The normalized spacial score (nSPS) is 16.4. The first-order valence-electron chi connectivity index (χ1n) is 11.0. The maximum Gasteiger partial charge on any atom is 0.573 e. The highest BCUT2D eigenvalue weighted by molar-refractivity contribution is 6.06. The van der Waals surface area contributed by atoms with E-state index < -0.39 is 41.0 Å². The Morgan fingerprint density at radius 1 is 1.09 bits per heavy atom. The van der Waals surface area contributed by atoms with Crippen molar-refractivity contribution in [3.8, 4) is 11.5 Å². The van der Waals surface area contributed by atoms with E-state index >= 15 is 0 Å². The van der Waals surface area contributed by atoms with Gasteiger partial charge in [0, 0.05) is 22.7 Å². The maximum absolute atomic E-state index is 14.4. The van der Waals surface area contributed by atoms with Gasteiger partial charge in [-0.25, -0.2) is 4.39 Å². The molecular formula is C25H23F4NO5. The molecule has 35 heavy (non-hydrogen) atoms. The molecule has 1 aliphatic rings. The smallest absolute Gasteiger partial charge is 0.505 e. The van der Waals surface area contributed by atoms with Gasteiger partial charge in [-0.2, -0.15) is 0 Å². The van der Waals surface area contributed by atoms with E-state index in [0.717, 1.165) is 53.8 Å². The lowest BCUT2D eigenvalue weighted by atomic mass is 9.70. The summed E-state index contributed by atoms with van der Waals surface area (Å²) in [4.78, 5) is 26.1. The van der Waals surface area contributed by atoms with Crippen molar-refractivity contribution in [1.82, 2.24) is 4.57 Å². The quantitative estimate of drug-likeness (QED) is 0.431. The van der Waals surface area contributed by atoms with E-state index in [4.69, 9.17) is 0 Å². The molecule has 3 aromatic rings. The average Bonchev–Trinajstić information content (AvgIpc) is 3.40. The van der Waals surface area contributed by atoms with Crippen LogP contribution in [0.5, 0.6) is 11.5 Å². The largest absolute Gasteiger partial charge is 0.573 e. The summed E-state index contributed by atoms with van der Waals surface area (Å²) in [5, 5.41) is 20.6. The first-order valence-corrected chi connectivity index (χ1v) is 11.0. The van der Waals surface area contributed by atoms with Crippen LogP contribution in [0.25, 0.3) is 10.9 Å². The number of rotatable bonds is 5. The first-order chi connectivity index (χ1) is 16.3. The van der Waals surface area contributed by atoms with Crippen LogP contribution >= 0.6 is 0 Å². The van der Waals surface area contributed by atoms with Crippen LogP contribution in [-0.4, -0.2) is 33.0 Å². The minimum absolute atomic E-state index is 0.0162. The molecule has 0 bridgehead atoms. The molecule has 4 rings (SSSR count). The number of halogens is 4. The predicted molar refractivity (Wildman–Crippen MR) is 118 cm³/mol. The van der Waals surface area contributed by atoms with Crippen LogP contribution < -0.4 is 4.74 Å². The SMILES string of the molecule is Cc1c([C@](C)(C(=O)O)C2CCCC2)c2cc(O)c(F)cc2n1C(=O)c1ccc(OC(F)(F)F)cc1. The van der Waals surface area contributed by atoms with Gasteiger partial charge in [-0.15, -0.1) is 13.2 Å². The van der Waals surface area contributed by atoms with Gasteiger partial charge in [0.2, 0.25) is 0 Å². The predicted octanol–water partition coefficient (Wildman–Crippen LogP) is 5.91. The summed E-state index contributed by atoms with van der Waals surface area (Å²) >= 11 is 0. The number of aliphatic carboxylic acids is 1. The number of benzene rings is 2. The summed E-state index contributed by atoms with van der Waals surface area (Å²) in [7, 11) is 0. The number of carboxylic acids is 1. The Kier molecular flexibility index (Phi) is 6.02. The Morgan fingerprint density at radius 2 is 1.69 bits per heavy atom. The molecule has 1 aromatic heterocycles. The van der Waals surface area contributed by atoms with Crippen LogP contribution in [0.3, 0.4) is 0 Å². The Labute approximate surface area is 197 Å². The van der Waals surface area contributed by atoms with Crippen LogP contribution in [-0.2, 0) is 10.2 Å². The molecule has 0 radical (unpaired) electrons. The van der Waals surface area contributed by atoms with E-state index in [1.165, 1.54) is 0 Å². The molecule has 1 heterocycles. The number of phenolic OH excluding ortho intramolecular Hbond substituents is 1. The van der Waals surface area contributed by atoms with Gasteiger partial charge in [0.1, 0.15) is 5.75 Å². The Morgan fingerprint density at radius 3 is 2.23 bits per heavy atom. The van der Waals surface area contributed by atoms with Gasteiger partial charge >= 0.3 is 12.3 Å². The Balaban J connectivity index is 1.91. The van der Waals surface area contributed by atoms with Gasteiger partial charge in [-0.3, -0.25) is 14.2 Å². The van der Waals surface area contributed by atoms with E-state index in [2.05, 4.69) is 4.74 Å². The number of aromatic nitrogens is 1. The molecule has 1 atom stereocenters. The van der Waals surface area contributed by atoms with Crippen molar-refractivity contribution < 1.29 is 42.1 Å². The molecule has 0 saturated heterocycles. The van der Waals surface area contributed by atoms with E-state index in [-0.39, 0.29) is 28.1 Å². The number of hydrogen-bond acceptors (Lipinski definition) is 4. The number of nitrogens with zero attached hydrogens (tertiary/aromatic N) is 1. The third-order valence-electron chi connectivity index (χ3n) is 6.95. The molecular weight excluding hydrogens is 470 g/mol. The summed E-state index contributed by atoms with van der Waals surface area (Å²) in [6.45, 7) is 3.12. The van der Waals surface area contributed by atoms with Gasteiger partial charge in [0.15, 0.2) is 11.6 Å². The number of aromatic hydroxyl groups is 1. The van der Waals surface area contributed by atoms with Crippen LogP contribution in [0.1, 0.15) is 54.2 Å². The van der Waals surface area contributed by atoms with Crippen LogP contribution in [0.2, 0.25) is 0 Å². The van der Waals surface area contributed by atoms with Crippen LogP contribution in [0, 0.1) is 18.7 Å². The fourth-order valence-corrected chi connectivity index (χ4v) is 5.26. The standard InChI is InChI=1S/C25H23F4NO5/c1-13-21(24(2,23(33)34)15-5-3-4-6-15)17-11-20(31)18(26)12-19(17)30(13)22(32)14-7-9-16(10-8-14)35-25(27,28)29/h7-12,15,31H,3-6H2,1-2H3,(H,33,34)/t24-/m1/s1. The highest BCUT2D eigenvalue weighted by Crippen LogP contribution is 2.47. The number of carbonyl (C=O) groups excluding carboxylic acids is 1. The van der Waals surface area contributed by atoms with Gasteiger partial charge in [0.05, 0.1) is 10.9 Å². The fraction of sp³-hybridized carbons (Fsp3) is 0.360. The number of ether oxygens (including phenoxy) is 1. The molecule has 0 unspecified atom stereocenters. The molecule has 2 N–H and O–H groups in total. The molecule has 0 amide bonds. The minimum Gasteiger partial charge on any atom is -0.505 e. The molecule has 186 valence electrons. The topological polar surface area (TPSA) is 88.8 Å². The Bertz CT molecular complexity index is 1310. The van der Waals surface area contributed by atoms with E-state index in [0.29, 0.717) is 18.4 Å². The van der Waals surface area contributed by atoms with E-state index in [9.17, 15) is 37.4 Å². The summed E-state index contributed by atoms with van der Waals surface area (Å²) < 4.78 is 56.8. The van der Waals surface area contributed by atoms with Crippen molar-refractivity contribution in [3.63, 3.8) is 0 Å². The third kappa shape index (κ3) is 4.21. The molecule has 1 fully saturated rings. The number of carboxylic acid groups (broad SMARTS) is 1. The molecule has 0 aliphatic heterocycles. The van der Waals surface area contributed by atoms with E-state index in [1.807, 2.05) is 0 Å². The third-order valence-corrected chi connectivity index (χ3v) is 6.95. The lowest BCUT2D eigenvalue weighted by Gasteiger charge is -2.32. The number of fused-ring (bicyclic) bond motifs is 1. The van der Waals surface area contributed by atoms with Crippen molar-refractivity contribution in [2.45, 2.75) is 51.3 Å². The molecule has 0 spiro atoms. The zero-order chi connectivity index (χ0) is 25.7. The molecule has 6 nitrogen and oxygen atoms in total. The van der Waals surface area contributed by atoms with Crippen molar-refractivity contribution in [2.24, 2.45) is 5.92 Å². The summed E-state index contributed by atoms with van der Waals surface area (Å²) in [5.41, 5.74) is -0.828. The number of hydrogen-bond donors (Lipinski definition) is 2. The lowest BCUT2D eigenvalue weighted by molar-refractivity contribution is -0.274. The minimum atomic E-state index is -4.89. The van der Waals surface area contributed by atoms with Gasteiger partial charge < -0.3 is 14.9 Å².